The van der Waals surface area contributed by atoms with Crippen molar-refractivity contribution in [2.24, 2.45) is 5.41 Å². The summed E-state index contributed by atoms with van der Waals surface area (Å²) in [5, 5.41) is 0. The van der Waals surface area contributed by atoms with Gasteiger partial charge in [-0.25, -0.2) is 0 Å². The van der Waals surface area contributed by atoms with Crippen LogP contribution in [-0.4, -0.2) is 11.2 Å². The highest BCUT2D eigenvalue weighted by Gasteiger charge is 2.45. The highest BCUT2D eigenvalue weighted by molar-refractivity contribution is 5.28. The number of hydrogen-bond acceptors (Lipinski definition) is 1. The van der Waals surface area contributed by atoms with E-state index in [0.29, 0.717) is 5.92 Å². The van der Waals surface area contributed by atoms with Gasteiger partial charge in [-0.15, -0.1) is 0 Å². The molecule has 0 radical (unpaired) electrons. The summed E-state index contributed by atoms with van der Waals surface area (Å²) >= 11 is 0. The molecule has 0 N–H and O–H groups in total. The molecule has 0 aliphatic carbocycles. The van der Waals surface area contributed by atoms with Gasteiger partial charge in [-0.1, -0.05) is 102 Å². The monoisotopic (exact) mass is 408 g/mol. The number of rotatable bonds is 9. The third-order valence-electron chi connectivity index (χ3n) is 7.00. The first-order chi connectivity index (χ1) is 13.8. The van der Waals surface area contributed by atoms with Crippen molar-refractivity contribution in [3.63, 3.8) is 0 Å². The third-order valence-corrected chi connectivity index (χ3v) is 7.00. The molecule has 0 aliphatic rings. The first-order valence-corrected chi connectivity index (χ1v) is 11.6. The molecule has 2 aromatic carbocycles. The number of hydrogen-bond donors (Lipinski definition) is 0. The average molecular weight is 409 g/mol. The van der Waals surface area contributed by atoms with E-state index in [1.54, 1.807) is 0 Å². The van der Waals surface area contributed by atoms with Crippen LogP contribution in [-0.2, 0) is 10.2 Å². The molecule has 0 saturated heterocycles. The Kier molecular flexibility index (Phi) is 7.62. The SMILES string of the molecule is CCCC(c1ccccc1)C(C)(C)OC(C)(C)CC(C)(c1ccccc1)C(C)(C)C. The van der Waals surface area contributed by atoms with E-state index in [1.165, 1.54) is 11.1 Å². The van der Waals surface area contributed by atoms with Gasteiger partial charge in [0.1, 0.15) is 0 Å². The zero-order valence-corrected chi connectivity index (χ0v) is 20.9. The first kappa shape index (κ1) is 24.7. The summed E-state index contributed by atoms with van der Waals surface area (Å²) in [7, 11) is 0. The molecule has 2 aromatic rings. The summed E-state index contributed by atoms with van der Waals surface area (Å²) in [6.45, 7) is 20.8. The maximum absolute atomic E-state index is 7.01. The van der Waals surface area contributed by atoms with E-state index in [2.05, 4.69) is 123 Å². The highest BCUT2D eigenvalue weighted by atomic mass is 16.5. The largest absolute Gasteiger partial charge is 0.369 e. The minimum atomic E-state index is -0.262. The Morgan fingerprint density at radius 1 is 0.733 bits per heavy atom. The third kappa shape index (κ3) is 5.76. The second-order valence-electron chi connectivity index (χ2n) is 11.3. The fourth-order valence-electron chi connectivity index (χ4n) is 5.17. The Bertz CT molecular complexity index is 767. The molecule has 2 rings (SSSR count). The molecule has 30 heavy (non-hydrogen) atoms. The number of benzene rings is 2. The van der Waals surface area contributed by atoms with Crippen LogP contribution in [0.1, 0.15) is 98.6 Å². The van der Waals surface area contributed by atoms with Crippen LogP contribution >= 0.6 is 0 Å². The number of ether oxygens (including phenoxy) is 1. The van der Waals surface area contributed by atoms with Gasteiger partial charge in [0, 0.05) is 11.3 Å². The van der Waals surface area contributed by atoms with Crippen molar-refractivity contribution >= 4 is 0 Å². The van der Waals surface area contributed by atoms with Gasteiger partial charge in [-0.2, -0.15) is 0 Å². The average Bonchev–Trinajstić information content (AvgIpc) is 2.65. The highest BCUT2D eigenvalue weighted by Crippen LogP contribution is 2.49. The van der Waals surface area contributed by atoms with Crippen LogP contribution in [0.15, 0.2) is 60.7 Å². The molecule has 0 aliphatic heterocycles. The maximum Gasteiger partial charge on any atom is 0.0701 e. The van der Waals surface area contributed by atoms with E-state index in [-0.39, 0.29) is 22.0 Å². The van der Waals surface area contributed by atoms with Crippen molar-refractivity contribution in [3.05, 3.63) is 71.8 Å². The van der Waals surface area contributed by atoms with Crippen molar-refractivity contribution in [2.75, 3.05) is 0 Å². The van der Waals surface area contributed by atoms with Gasteiger partial charge in [0.25, 0.3) is 0 Å². The smallest absolute Gasteiger partial charge is 0.0701 e. The van der Waals surface area contributed by atoms with Crippen molar-refractivity contribution in [1.29, 1.82) is 0 Å². The minimum absolute atomic E-state index is 0.000833. The Morgan fingerprint density at radius 3 is 1.70 bits per heavy atom. The van der Waals surface area contributed by atoms with Crippen molar-refractivity contribution in [2.45, 2.75) is 104 Å². The Morgan fingerprint density at radius 2 is 1.23 bits per heavy atom. The van der Waals surface area contributed by atoms with Crippen LogP contribution in [0.3, 0.4) is 0 Å². The Balaban J connectivity index is 2.34. The van der Waals surface area contributed by atoms with Gasteiger partial charge < -0.3 is 4.74 Å². The lowest BCUT2D eigenvalue weighted by Crippen LogP contribution is -2.48. The molecular formula is C29H44O. The van der Waals surface area contributed by atoms with Crippen LogP contribution in [0.4, 0.5) is 0 Å². The normalized spacial score (nSPS) is 16.2. The lowest BCUT2D eigenvalue weighted by molar-refractivity contribution is -0.151. The van der Waals surface area contributed by atoms with Crippen LogP contribution in [0.25, 0.3) is 0 Å². The Labute approximate surface area is 186 Å². The van der Waals surface area contributed by atoms with E-state index in [9.17, 15) is 0 Å². The van der Waals surface area contributed by atoms with Crippen LogP contribution in [0, 0.1) is 5.41 Å². The molecule has 0 heterocycles. The molecule has 0 aromatic heterocycles. The predicted molar refractivity (Wildman–Crippen MR) is 131 cm³/mol. The molecule has 0 fully saturated rings. The van der Waals surface area contributed by atoms with Gasteiger partial charge in [0.05, 0.1) is 11.2 Å². The topological polar surface area (TPSA) is 9.23 Å². The van der Waals surface area contributed by atoms with E-state index in [1.807, 2.05) is 0 Å². The van der Waals surface area contributed by atoms with Gasteiger partial charge in [0.15, 0.2) is 0 Å². The molecule has 166 valence electrons. The summed E-state index contributed by atoms with van der Waals surface area (Å²) in [4.78, 5) is 0. The van der Waals surface area contributed by atoms with E-state index < -0.39 is 0 Å². The zero-order valence-electron chi connectivity index (χ0n) is 20.9. The van der Waals surface area contributed by atoms with Crippen molar-refractivity contribution in [3.8, 4) is 0 Å². The fraction of sp³-hybridized carbons (Fsp3) is 0.586. The van der Waals surface area contributed by atoms with Gasteiger partial charge in [0.2, 0.25) is 0 Å². The molecule has 2 atom stereocenters. The lowest BCUT2D eigenvalue weighted by Gasteiger charge is -2.49. The van der Waals surface area contributed by atoms with Gasteiger partial charge in [-0.3, -0.25) is 0 Å². The minimum Gasteiger partial charge on any atom is -0.369 e. The zero-order chi connectivity index (χ0) is 22.6. The maximum atomic E-state index is 7.01. The standard InChI is InChI=1S/C29H44O/c1-10-17-25(23-18-13-11-14-19-23)28(7,8)30-27(5,6)22-29(9,26(2,3)4)24-20-15-12-16-21-24/h11-16,18-21,25H,10,17,22H2,1-9H3. The first-order valence-electron chi connectivity index (χ1n) is 11.6. The van der Waals surface area contributed by atoms with Crippen LogP contribution < -0.4 is 0 Å². The van der Waals surface area contributed by atoms with Crippen molar-refractivity contribution < 1.29 is 4.74 Å². The van der Waals surface area contributed by atoms with Gasteiger partial charge in [-0.05, 0) is 57.1 Å². The quantitative estimate of drug-likeness (QED) is 0.404. The van der Waals surface area contributed by atoms with E-state index in [4.69, 9.17) is 4.74 Å². The van der Waals surface area contributed by atoms with E-state index in [0.717, 1.165) is 19.3 Å². The molecule has 0 bridgehead atoms. The molecule has 1 heteroatoms. The summed E-state index contributed by atoms with van der Waals surface area (Å²) in [6, 6.07) is 21.9. The fourth-order valence-corrected chi connectivity index (χ4v) is 5.17. The summed E-state index contributed by atoms with van der Waals surface area (Å²) in [6.07, 6.45) is 3.24. The molecule has 0 amide bonds. The summed E-state index contributed by atoms with van der Waals surface area (Å²) in [5.74, 6) is 0.376. The summed E-state index contributed by atoms with van der Waals surface area (Å²) < 4.78 is 7.01. The molecule has 1 nitrogen and oxygen atoms in total. The lowest BCUT2D eigenvalue weighted by atomic mass is 9.60. The van der Waals surface area contributed by atoms with Gasteiger partial charge >= 0.3 is 0 Å². The van der Waals surface area contributed by atoms with E-state index >= 15 is 0 Å². The second-order valence-corrected chi connectivity index (χ2v) is 11.3. The second kappa shape index (κ2) is 9.27. The molecule has 0 saturated carbocycles. The summed E-state index contributed by atoms with van der Waals surface area (Å²) in [5.41, 5.74) is 2.36. The van der Waals surface area contributed by atoms with Crippen molar-refractivity contribution in [1.82, 2.24) is 0 Å². The predicted octanol–water partition coefficient (Wildman–Crippen LogP) is 8.54. The molecule has 0 spiro atoms. The van der Waals surface area contributed by atoms with Crippen LogP contribution in [0.2, 0.25) is 0 Å². The van der Waals surface area contributed by atoms with Crippen LogP contribution in [0.5, 0.6) is 0 Å². The molecular weight excluding hydrogens is 364 g/mol. The Hall–Kier alpha value is -1.60. The molecule has 2 unspecified atom stereocenters.